The summed E-state index contributed by atoms with van der Waals surface area (Å²) >= 11 is 0. The number of carbonyl (C=O) groups is 1. The van der Waals surface area contributed by atoms with Gasteiger partial charge in [0, 0.05) is 66.8 Å². The molecule has 2 aromatic heterocycles. The van der Waals surface area contributed by atoms with Gasteiger partial charge in [-0.3, -0.25) is 9.48 Å². The maximum Gasteiger partial charge on any atom is 0.317 e. The van der Waals surface area contributed by atoms with Crippen LogP contribution in [0, 0.1) is 5.82 Å². The van der Waals surface area contributed by atoms with E-state index < -0.39 is 11.7 Å². The van der Waals surface area contributed by atoms with E-state index in [4.69, 9.17) is 4.74 Å². The number of benzene rings is 2. The van der Waals surface area contributed by atoms with Gasteiger partial charge < -0.3 is 20.3 Å². The van der Waals surface area contributed by atoms with Crippen molar-refractivity contribution in [2.45, 2.75) is 45.9 Å². The summed E-state index contributed by atoms with van der Waals surface area (Å²) in [6, 6.07) is 7.49. The minimum atomic E-state index is -0.500. The molecule has 188 valence electrons. The lowest BCUT2D eigenvalue weighted by Crippen LogP contribution is -2.54. The summed E-state index contributed by atoms with van der Waals surface area (Å²) in [7, 11) is 1.72. The minimum Gasteiger partial charge on any atom is -0.461 e. The van der Waals surface area contributed by atoms with Crippen LogP contribution in [-0.4, -0.2) is 56.9 Å². The largest absolute Gasteiger partial charge is 0.461 e. The van der Waals surface area contributed by atoms with Gasteiger partial charge in [-0.15, -0.1) is 0 Å². The molecule has 2 atom stereocenters. The predicted molar refractivity (Wildman–Crippen MR) is 138 cm³/mol. The number of nitrogens with one attached hydrogen (secondary N) is 2. The number of anilines is 2. The van der Waals surface area contributed by atoms with Gasteiger partial charge in [0.15, 0.2) is 5.82 Å². The number of carbonyl (C=O) groups excluding carboxylic acids is 1. The van der Waals surface area contributed by atoms with Crippen LogP contribution < -0.4 is 20.3 Å². The molecule has 0 spiro atoms. The summed E-state index contributed by atoms with van der Waals surface area (Å²) in [4.78, 5) is 24.7. The van der Waals surface area contributed by atoms with Gasteiger partial charge in [0.2, 0.25) is 0 Å². The number of hydrogen-bond acceptors (Lipinski definition) is 7. The van der Waals surface area contributed by atoms with E-state index in [-0.39, 0.29) is 17.6 Å². The minimum absolute atomic E-state index is 0.119. The average Bonchev–Trinajstić information content (AvgIpc) is 3.18. The van der Waals surface area contributed by atoms with Crippen LogP contribution in [0.15, 0.2) is 36.7 Å². The van der Waals surface area contributed by atoms with Gasteiger partial charge in [-0.05, 0) is 52.0 Å². The third kappa shape index (κ3) is 4.68. The third-order valence-electron chi connectivity index (χ3n) is 6.12. The summed E-state index contributed by atoms with van der Waals surface area (Å²) in [5, 5.41) is 11.8. The molecule has 2 N–H and O–H groups in total. The Morgan fingerprint density at radius 3 is 2.67 bits per heavy atom. The topological polar surface area (TPSA) is 97.2 Å². The summed E-state index contributed by atoms with van der Waals surface area (Å²) in [6.45, 7) is 9.72. The Bertz CT molecular complexity index is 1440. The number of nitrogens with zero attached hydrogens (tertiary/aromatic N) is 5. The maximum absolute atomic E-state index is 14.6. The molecule has 3 heterocycles. The highest BCUT2D eigenvalue weighted by Gasteiger charge is 2.25. The molecular weight excluding hydrogens is 461 g/mol. The average molecular weight is 492 g/mol. The Labute approximate surface area is 208 Å². The van der Waals surface area contributed by atoms with Gasteiger partial charge in [-0.2, -0.15) is 10.1 Å². The Morgan fingerprint density at radius 1 is 1.19 bits per heavy atom. The predicted octanol–water partition coefficient (Wildman–Crippen LogP) is 3.88. The van der Waals surface area contributed by atoms with Crippen molar-refractivity contribution in [1.29, 1.82) is 0 Å². The zero-order valence-electron chi connectivity index (χ0n) is 21.0. The van der Waals surface area contributed by atoms with Crippen molar-refractivity contribution in [2.75, 3.05) is 23.3 Å². The second-order valence-electron chi connectivity index (χ2n) is 9.74. The summed E-state index contributed by atoms with van der Waals surface area (Å²) < 4.78 is 21.9. The van der Waals surface area contributed by atoms with E-state index >= 15 is 0 Å². The fourth-order valence-electron chi connectivity index (χ4n) is 4.82. The smallest absolute Gasteiger partial charge is 0.317 e. The highest BCUT2D eigenvalue weighted by atomic mass is 19.1. The molecular formula is C26H30FN7O2. The van der Waals surface area contributed by atoms with Crippen molar-refractivity contribution >= 4 is 39.1 Å². The molecule has 2 unspecified atom stereocenters. The Hall–Kier alpha value is -3.79. The molecule has 1 aliphatic heterocycles. The number of hydrogen-bond donors (Lipinski definition) is 2. The molecule has 0 radical (unpaired) electrons. The first-order valence-electron chi connectivity index (χ1n) is 12.1. The number of aryl methyl sites for hydroxylation is 1. The molecule has 5 rings (SSSR count). The first kappa shape index (κ1) is 23.9. The molecule has 0 bridgehead atoms. The lowest BCUT2D eigenvalue weighted by atomic mass is 10.0. The number of ether oxygens (including phenoxy) is 1. The summed E-state index contributed by atoms with van der Waals surface area (Å²) in [5.41, 5.74) is 2.39. The zero-order chi connectivity index (χ0) is 25.6. The second kappa shape index (κ2) is 9.34. The van der Waals surface area contributed by atoms with E-state index in [0.29, 0.717) is 34.2 Å². The Kier molecular flexibility index (Phi) is 6.21. The monoisotopic (exact) mass is 491 g/mol. The molecule has 10 heteroatoms. The van der Waals surface area contributed by atoms with E-state index in [2.05, 4.69) is 44.4 Å². The Balaban J connectivity index is 1.55. The van der Waals surface area contributed by atoms with Gasteiger partial charge in [0.1, 0.15) is 5.52 Å². The number of amides is 1. The van der Waals surface area contributed by atoms with Crippen LogP contribution in [0.25, 0.3) is 21.8 Å². The van der Waals surface area contributed by atoms with E-state index in [0.717, 1.165) is 24.2 Å². The highest BCUT2D eigenvalue weighted by molar-refractivity contribution is 6.14. The lowest BCUT2D eigenvalue weighted by Gasteiger charge is -2.38. The molecule has 1 saturated heterocycles. The van der Waals surface area contributed by atoms with Crippen LogP contribution in [0.2, 0.25) is 0 Å². The molecule has 0 aliphatic carbocycles. The number of aromatic nitrogens is 4. The number of piperazine rings is 1. The normalized spacial score (nSPS) is 18.2. The molecule has 1 aliphatic rings. The molecule has 36 heavy (non-hydrogen) atoms. The first-order valence-corrected chi connectivity index (χ1v) is 12.1. The molecule has 4 aromatic rings. The van der Waals surface area contributed by atoms with Crippen LogP contribution >= 0.6 is 0 Å². The highest BCUT2D eigenvalue weighted by Crippen LogP contribution is 2.31. The molecule has 0 saturated carbocycles. The van der Waals surface area contributed by atoms with Gasteiger partial charge in [0.05, 0.1) is 17.2 Å². The van der Waals surface area contributed by atoms with Crippen LogP contribution in [0.3, 0.4) is 0 Å². The first-order chi connectivity index (χ1) is 17.2. The van der Waals surface area contributed by atoms with Crippen molar-refractivity contribution in [1.82, 2.24) is 25.1 Å². The maximum atomic E-state index is 14.6. The number of rotatable bonds is 5. The zero-order valence-corrected chi connectivity index (χ0v) is 21.0. The lowest BCUT2D eigenvalue weighted by molar-refractivity contribution is 0.102. The summed E-state index contributed by atoms with van der Waals surface area (Å²) in [5.74, 6) is -0.897. The second-order valence-corrected chi connectivity index (χ2v) is 9.74. The van der Waals surface area contributed by atoms with Gasteiger partial charge >= 0.3 is 6.01 Å². The van der Waals surface area contributed by atoms with Crippen LogP contribution in [0.1, 0.15) is 38.1 Å². The van der Waals surface area contributed by atoms with Gasteiger partial charge in [-0.25, -0.2) is 9.37 Å². The van der Waals surface area contributed by atoms with Crippen molar-refractivity contribution < 1.29 is 13.9 Å². The van der Waals surface area contributed by atoms with E-state index in [1.54, 1.807) is 31.6 Å². The molecule has 9 nitrogen and oxygen atoms in total. The standard InChI is InChI=1S/C26H30FN7O2/c1-14(2)36-26-28-10-20-22(34-11-15(3)29-16(4)12-34)7-6-19(24(20)31-26)25(35)30-18-8-17-13-33(5)32-23(17)21(27)9-18/h6-10,13-16,29H,11-12H2,1-5H3,(H,30,35). The van der Waals surface area contributed by atoms with Gasteiger partial charge in [-0.1, -0.05) is 0 Å². The van der Waals surface area contributed by atoms with Crippen LogP contribution in [0.4, 0.5) is 15.8 Å². The summed E-state index contributed by atoms with van der Waals surface area (Å²) in [6.07, 6.45) is 3.30. The quantitative estimate of drug-likeness (QED) is 0.437. The Morgan fingerprint density at radius 2 is 1.94 bits per heavy atom. The fraction of sp³-hybridized carbons (Fsp3) is 0.385. The van der Waals surface area contributed by atoms with E-state index in [9.17, 15) is 9.18 Å². The van der Waals surface area contributed by atoms with E-state index in [1.807, 2.05) is 19.9 Å². The molecule has 1 amide bonds. The fourth-order valence-corrected chi connectivity index (χ4v) is 4.82. The van der Waals surface area contributed by atoms with Crippen molar-refractivity contribution in [2.24, 2.45) is 7.05 Å². The number of halogens is 1. The molecule has 1 fully saturated rings. The van der Waals surface area contributed by atoms with Crippen molar-refractivity contribution in [3.63, 3.8) is 0 Å². The third-order valence-corrected chi connectivity index (χ3v) is 6.12. The van der Waals surface area contributed by atoms with Crippen molar-refractivity contribution in [3.8, 4) is 6.01 Å². The van der Waals surface area contributed by atoms with E-state index in [1.165, 1.54) is 10.7 Å². The number of fused-ring (bicyclic) bond motifs is 2. The van der Waals surface area contributed by atoms with Crippen LogP contribution in [-0.2, 0) is 7.05 Å². The van der Waals surface area contributed by atoms with Crippen LogP contribution in [0.5, 0.6) is 6.01 Å². The SMILES string of the molecule is CC1CN(c2ccc(C(=O)Nc3cc(F)c4nn(C)cc4c3)c3nc(OC(C)C)ncc23)CC(C)N1. The van der Waals surface area contributed by atoms with Gasteiger partial charge in [0.25, 0.3) is 5.91 Å². The molecule has 2 aromatic carbocycles. The van der Waals surface area contributed by atoms with Crippen molar-refractivity contribution in [3.05, 3.63) is 48.0 Å².